The third-order valence-corrected chi connectivity index (χ3v) is 2.19. The smallest absolute Gasteiger partial charge is 0.406 e. The number of hydrogen-bond donors (Lipinski definition) is 1. The molecular weight excluding hydrogens is 231 g/mol. The molecule has 0 radical (unpaired) electrons. The second-order valence-corrected chi connectivity index (χ2v) is 3.37. The lowest BCUT2D eigenvalue weighted by Gasteiger charge is -2.14. The first-order chi connectivity index (χ1) is 7.96. The molecule has 0 saturated heterocycles. The van der Waals surface area contributed by atoms with Crippen molar-refractivity contribution in [1.29, 1.82) is 0 Å². The van der Waals surface area contributed by atoms with E-state index in [0.717, 1.165) is 5.56 Å². The van der Waals surface area contributed by atoms with Gasteiger partial charge in [-0.05, 0) is 24.7 Å². The van der Waals surface area contributed by atoms with Gasteiger partial charge in [-0.3, -0.25) is 0 Å². The van der Waals surface area contributed by atoms with Gasteiger partial charge in [0, 0.05) is 12.5 Å². The van der Waals surface area contributed by atoms with Gasteiger partial charge in [0.25, 0.3) is 0 Å². The summed E-state index contributed by atoms with van der Waals surface area (Å²) in [5.74, 6) is 2.26. The van der Waals surface area contributed by atoms with Crippen LogP contribution in [0, 0.1) is 12.3 Å². The first-order valence-electron chi connectivity index (χ1n) is 4.92. The number of alkyl halides is 3. The molecule has 0 aliphatic rings. The van der Waals surface area contributed by atoms with Crippen LogP contribution in [0.15, 0.2) is 24.3 Å². The predicted octanol–water partition coefficient (Wildman–Crippen LogP) is 2.87. The van der Waals surface area contributed by atoms with Crippen molar-refractivity contribution >= 4 is 0 Å². The fourth-order valence-electron chi connectivity index (χ4n) is 1.41. The van der Waals surface area contributed by atoms with E-state index in [4.69, 9.17) is 6.42 Å². The Labute approximate surface area is 97.8 Å². The fourth-order valence-corrected chi connectivity index (χ4v) is 1.41. The second kappa shape index (κ2) is 5.60. The Balaban J connectivity index is 2.77. The highest BCUT2D eigenvalue weighted by atomic mass is 19.4. The molecule has 5 heteroatoms. The van der Waals surface area contributed by atoms with Gasteiger partial charge in [0.1, 0.15) is 5.75 Å². The van der Waals surface area contributed by atoms with Crippen molar-refractivity contribution in [2.45, 2.75) is 18.8 Å². The molecule has 1 aromatic carbocycles. The van der Waals surface area contributed by atoms with Crippen molar-refractivity contribution in [2.75, 3.05) is 7.05 Å². The molecule has 1 unspecified atom stereocenters. The fraction of sp³-hybridized carbons (Fsp3) is 0.333. The molecule has 1 rings (SSSR count). The lowest BCUT2D eigenvalue weighted by atomic mass is 10.0. The normalized spacial score (nSPS) is 12.9. The Morgan fingerprint density at radius 3 is 2.35 bits per heavy atom. The van der Waals surface area contributed by atoms with Crippen LogP contribution in [0.4, 0.5) is 13.2 Å². The zero-order valence-corrected chi connectivity index (χ0v) is 9.21. The maximum atomic E-state index is 11.9. The molecule has 0 aliphatic heterocycles. The summed E-state index contributed by atoms with van der Waals surface area (Å²) in [7, 11) is 1.74. The Hall–Kier alpha value is -1.67. The van der Waals surface area contributed by atoms with Crippen LogP contribution in [0.3, 0.4) is 0 Å². The molecule has 0 bridgehead atoms. The molecule has 1 atom stereocenters. The standard InChI is InChI=1S/C12H12F3NO/c1-3-4-11(16-2)9-5-7-10(8-6-9)17-12(13,14)15/h1,5-8,11,16H,4H2,2H3. The summed E-state index contributed by atoms with van der Waals surface area (Å²) in [4.78, 5) is 0. The van der Waals surface area contributed by atoms with E-state index < -0.39 is 6.36 Å². The van der Waals surface area contributed by atoms with E-state index in [1.54, 1.807) is 19.2 Å². The number of hydrogen-bond acceptors (Lipinski definition) is 2. The van der Waals surface area contributed by atoms with E-state index in [-0.39, 0.29) is 11.8 Å². The molecule has 0 aromatic heterocycles. The molecule has 0 saturated carbocycles. The minimum absolute atomic E-state index is 0.0695. The van der Waals surface area contributed by atoms with Gasteiger partial charge in [-0.15, -0.1) is 25.5 Å². The maximum Gasteiger partial charge on any atom is 0.573 e. The molecule has 17 heavy (non-hydrogen) atoms. The highest BCUT2D eigenvalue weighted by Crippen LogP contribution is 2.24. The summed E-state index contributed by atoms with van der Waals surface area (Å²) < 4.78 is 39.5. The number of halogens is 3. The van der Waals surface area contributed by atoms with Gasteiger partial charge in [0.15, 0.2) is 0 Å². The zero-order valence-electron chi connectivity index (χ0n) is 9.21. The van der Waals surface area contributed by atoms with Gasteiger partial charge >= 0.3 is 6.36 Å². The quantitative estimate of drug-likeness (QED) is 0.821. The van der Waals surface area contributed by atoms with Crippen LogP contribution in [-0.2, 0) is 0 Å². The number of terminal acetylenes is 1. The van der Waals surface area contributed by atoms with E-state index in [1.807, 2.05) is 0 Å². The summed E-state index contributed by atoms with van der Waals surface area (Å²) in [6.07, 6.45) is 0.996. The molecule has 0 fully saturated rings. The average Bonchev–Trinajstić information content (AvgIpc) is 2.25. The van der Waals surface area contributed by atoms with Crippen LogP contribution >= 0.6 is 0 Å². The van der Waals surface area contributed by atoms with Crippen molar-refractivity contribution in [1.82, 2.24) is 5.32 Å². The Morgan fingerprint density at radius 1 is 1.35 bits per heavy atom. The van der Waals surface area contributed by atoms with Crippen LogP contribution < -0.4 is 10.1 Å². The summed E-state index contributed by atoms with van der Waals surface area (Å²) in [5.41, 5.74) is 0.819. The third kappa shape index (κ3) is 4.37. The van der Waals surface area contributed by atoms with E-state index in [2.05, 4.69) is 16.0 Å². The van der Waals surface area contributed by atoms with E-state index in [1.165, 1.54) is 12.1 Å². The molecule has 0 aliphatic carbocycles. The van der Waals surface area contributed by atoms with Gasteiger partial charge in [-0.2, -0.15) is 0 Å². The number of nitrogens with one attached hydrogen (secondary N) is 1. The van der Waals surface area contributed by atoms with E-state index >= 15 is 0 Å². The van der Waals surface area contributed by atoms with E-state index in [0.29, 0.717) is 6.42 Å². The van der Waals surface area contributed by atoms with Gasteiger partial charge in [-0.1, -0.05) is 12.1 Å². The summed E-state index contributed by atoms with van der Waals surface area (Å²) in [6, 6.07) is 5.58. The van der Waals surface area contributed by atoms with Gasteiger partial charge < -0.3 is 10.1 Å². The maximum absolute atomic E-state index is 11.9. The number of ether oxygens (including phenoxy) is 1. The molecule has 0 heterocycles. The van der Waals surface area contributed by atoms with Gasteiger partial charge in [-0.25, -0.2) is 0 Å². The van der Waals surface area contributed by atoms with Crippen LogP contribution in [0.25, 0.3) is 0 Å². The van der Waals surface area contributed by atoms with Crippen molar-refractivity contribution in [2.24, 2.45) is 0 Å². The first kappa shape index (κ1) is 13.4. The van der Waals surface area contributed by atoms with Crippen LogP contribution in [-0.4, -0.2) is 13.4 Å². The minimum Gasteiger partial charge on any atom is -0.406 e. The summed E-state index contributed by atoms with van der Waals surface area (Å²) >= 11 is 0. The second-order valence-electron chi connectivity index (χ2n) is 3.37. The predicted molar refractivity (Wildman–Crippen MR) is 58.4 cm³/mol. The summed E-state index contributed by atoms with van der Waals surface area (Å²) in [6.45, 7) is 0. The minimum atomic E-state index is -4.66. The Morgan fingerprint density at radius 2 is 1.94 bits per heavy atom. The van der Waals surface area contributed by atoms with Crippen molar-refractivity contribution in [3.63, 3.8) is 0 Å². The largest absolute Gasteiger partial charge is 0.573 e. The number of benzene rings is 1. The third-order valence-electron chi connectivity index (χ3n) is 2.19. The number of rotatable bonds is 4. The van der Waals surface area contributed by atoms with Crippen molar-refractivity contribution in [3.05, 3.63) is 29.8 Å². The Bertz CT molecular complexity index is 392. The van der Waals surface area contributed by atoms with Crippen LogP contribution in [0.1, 0.15) is 18.0 Å². The molecule has 1 aromatic rings. The van der Waals surface area contributed by atoms with Crippen molar-refractivity contribution < 1.29 is 17.9 Å². The molecular formula is C12H12F3NO. The molecule has 2 nitrogen and oxygen atoms in total. The molecule has 1 N–H and O–H groups in total. The van der Waals surface area contributed by atoms with Gasteiger partial charge in [0.05, 0.1) is 0 Å². The lowest BCUT2D eigenvalue weighted by molar-refractivity contribution is -0.274. The monoisotopic (exact) mass is 243 g/mol. The van der Waals surface area contributed by atoms with E-state index in [9.17, 15) is 13.2 Å². The SMILES string of the molecule is C#CCC(NC)c1ccc(OC(F)(F)F)cc1. The highest BCUT2D eigenvalue weighted by Gasteiger charge is 2.31. The van der Waals surface area contributed by atoms with Crippen LogP contribution in [0.5, 0.6) is 5.75 Å². The Kier molecular flexibility index (Phi) is 4.41. The average molecular weight is 243 g/mol. The zero-order chi connectivity index (χ0) is 12.9. The lowest BCUT2D eigenvalue weighted by Crippen LogP contribution is -2.18. The molecule has 92 valence electrons. The van der Waals surface area contributed by atoms with Crippen molar-refractivity contribution in [3.8, 4) is 18.1 Å². The summed E-state index contributed by atoms with van der Waals surface area (Å²) in [5, 5.41) is 2.98. The topological polar surface area (TPSA) is 21.3 Å². The van der Waals surface area contributed by atoms with Crippen LogP contribution in [0.2, 0.25) is 0 Å². The molecule has 0 spiro atoms. The molecule has 0 amide bonds. The highest BCUT2D eigenvalue weighted by molar-refractivity contribution is 5.29. The first-order valence-corrected chi connectivity index (χ1v) is 4.92. The van der Waals surface area contributed by atoms with Gasteiger partial charge in [0.2, 0.25) is 0 Å².